The molecule has 0 atom stereocenters. The summed E-state index contributed by atoms with van der Waals surface area (Å²) in [5.74, 6) is 0.516. The number of carbonyl (C=O) groups is 1. The molecule has 0 radical (unpaired) electrons. The molecule has 0 amide bonds. The lowest BCUT2D eigenvalue weighted by molar-refractivity contribution is 0.0908. The number of ether oxygens (including phenoxy) is 1. The van der Waals surface area contributed by atoms with Crippen LogP contribution in [-0.2, 0) is 6.54 Å². The van der Waals surface area contributed by atoms with E-state index in [1.54, 1.807) is 18.2 Å². The van der Waals surface area contributed by atoms with Crippen molar-refractivity contribution in [1.29, 1.82) is 0 Å². The Kier molecular flexibility index (Phi) is 6.14. The lowest BCUT2D eigenvalue weighted by Gasteiger charge is -2.20. The number of nitrogen functional groups attached to an aromatic ring is 1. The number of carbonyl (C=O) groups excluding carboxylic acids is 1. The Labute approximate surface area is 136 Å². The van der Waals surface area contributed by atoms with Gasteiger partial charge in [0.15, 0.2) is 5.78 Å². The highest BCUT2D eigenvalue weighted by Crippen LogP contribution is 2.22. The molecule has 0 aliphatic rings. The van der Waals surface area contributed by atoms with Gasteiger partial charge in [-0.1, -0.05) is 30.3 Å². The molecule has 122 valence electrons. The van der Waals surface area contributed by atoms with Crippen LogP contribution >= 0.6 is 0 Å². The molecule has 0 unspecified atom stereocenters. The summed E-state index contributed by atoms with van der Waals surface area (Å²) in [5.41, 5.74) is 7.93. The summed E-state index contributed by atoms with van der Waals surface area (Å²) in [5, 5.41) is 9.22. The van der Waals surface area contributed by atoms with Gasteiger partial charge in [0, 0.05) is 18.7 Å². The van der Waals surface area contributed by atoms with E-state index >= 15 is 0 Å². The molecule has 3 N–H and O–H groups in total. The van der Waals surface area contributed by atoms with E-state index < -0.39 is 0 Å². The summed E-state index contributed by atoms with van der Waals surface area (Å²) >= 11 is 0. The third kappa shape index (κ3) is 4.81. The van der Waals surface area contributed by atoms with Crippen LogP contribution in [-0.4, -0.2) is 42.6 Å². The Morgan fingerprint density at radius 3 is 2.57 bits per heavy atom. The summed E-state index contributed by atoms with van der Waals surface area (Å²) < 4.78 is 5.10. The van der Waals surface area contributed by atoms with Crippen LogP contribution in [0.25, 0.3) is 0 Å². The minimum absolute atomic E-state index is 0.00483. The van der Waals surface area contributed by atoms with Crippen molar-refractivity contribution in [2.75, 3.05) is 32.5 Å². The van der Waals surface area contributed by atoms with E-state index in [1.807, 2.05) is 35.2 Å². The predicted molar refractivity (Wildman–Crippen MR) is 90.5 cm³/mol. The van der Waals surface area contributed by atoms with E-state index in [1.165, 1.54) is 7.11 Å². The first-order valence-corrected chi connectivity index (χ1v) is 7.48. The number of hydrogen-bond donors (Lipinski definition) is 2. The van der Waals surface area contributed by atoms with Crippen molar-refractivity contribution in [3.05, 3.63) is 59.7 Å². The summed E-state index contributed by atoms with van der Waals surface area (Å²) in [7, 11) is 1.54. The first-order chi connectivity index (χ1) is 11.1. The van der Waals surface area contributed by atoms with Gasteiger partial charge in [0.25, 0.3) is 0 Å². The summed E-state index contributed by atoms with van der Waals surface area (Å²) in [6.45, 7) is 1.27. The largest absolute Gasteiger partial charge is 0.495 e. The highest BCUT2D eigenvalue weighted by molar-refractivity contribution is 5.98. The Hall–Kier alpha value is -2.37. The van der Waals surface area contributed by atoms with E-state index in [0.29, 0.717) is 30.1 Å². The molecule has 0 saturated heterocycles. The van der Waals surface area contributed by atoms with Gasteiger partial charge in [0.1, 0.15) is 5.75 Å². The van der Waals surface area contributed by atoms with Crippen molar-refractivity contribution in [2.45, 2.75) is 6.54 Å². The molecule has 0 aromatic heterocycles. The summed E-state index contributed by atoms with van der Waals surface area (Å²) in [4.78, 5) is 14.4. The van der Waals surface area contributed by atoms with Gasteiger partial charge in [0.2, 0.25) is 0 Å². The standard InChI is InChI=1S/C18H22N2O3/c1-23-18-8-7-15(11-16(18)19)17(22)13-20(9-10-21)12-14-5-3-2-4-6-14/h2-8,11,21H,9-10,12-13,19H2,1H3. The maximum absolute atomic E-state index is 12.5. The van der Waals surface area contributed by atoms with Gasteiger partial charge in [-0.05, 0) is 23.8 Å². The monoisotopic (exact) mass is 314 g/mol. The smallest absolute Gasteiger partial charge is 0.176 e. The van der Waals surface area contributed by atoms with Gasteiger partial charge in [-0.25, -0.2) is 0 Å². The second-order valence-electron chi connectivity index (χ2n) is 5.30. The number of aliphatic hydroxyl groups excluding tert-OH is 1. The average Bonchev–Trinajstić information content (AvgIpc) is 2.56. The second-order valence-corrected chi connectivity index (χ2v) is 5.30. The molecule has 0 aliphatic carbocycles. The van der Waals surface area contributed by atoms with Gasteiger partial charge >= 0.3 is 0 Å². The van der Waals surface area contributed by atoms with Crippen molar-refractivity contribution in [1.82, 2.24) is 4.90 Å². The van der Waals surface area contributed by atoms with Crippen molar-refractivity contribution < 1.29 is 14.6 Å². The zero-order chi connectivity index (χ0) is 16.7. The molecule has 0 bridgehead atoms. The fourth-order valence-electron chi connectivity index (χ4n) is 2.40. The molecule has 0 spiro atoms. The van der Waals surface area contributed by atoms with E-state index in [0.717, 1.165) is 5.56 Å². The van der Waals surface area contributed by atoms with E-state index in [2.05, 4.69) is 0 Å². The number of hydrogen-bond acceptors (Lipinski definition) is 5. The maximum Gasteiger partial charge on any atom is 0.176 e. The number of nitrogens with two attached hydrogens (primary N) is 1. The van der Waals surface area contributed by atoms with Crippen LogP contribution in [0, 0.1) is 0 Å². The van der Waals surface area contributed by atoms with Crippen LogP contribution in [0.15, 0.2) is 48.5 Å². The normalized spacial score (nSPS) is 10.7. The number of ketones is 1. The van der Waals surface area contributed by atoms with Gasteiger partial charge in [-0.2, -0.15) is 0 Å². The molecule has 5 nitrogen and oxygen atoms in total. The second kappa shape index (κ2) is 8.31. The average molecular weight is 314 g/mol. The lowest BCUT2D eigenvalue weighted by atomic mass is 10.1. The quantitative estimate of drug-likeness (QED) is 0.575. The van der Waals surface area contributed by atoms with Crippen LogP contribution < -0.4 is 10.5 Å². The van der Waals surface area contributed by atoms with Gasteiger partial charge in [-0.3, -0.25) is 9.69 Å². The molecule has 5 heteroatoms. The van der Waals surface area contributed by atoms with E-state index in [4.69, 9.17) is 10.5 Å². The SMILES string of the molecule is COc1ccc(C(=O)CN(CCO)Cc2ccccc2)cc1N. The first kappa shape index (κ1) is 17.0. The van der Waals surface area contributed by atoms with Crippen LogP contribution in [0.1, 0.15) is 15.9 Å². The van der Waals surface area contributed by atoms with Crippen LogP contribution in [0.2, 0.25) is 0 Å². The van der Waals surface area contributed by atoms with Crippen LogP contribution in [0.5, 0.6) is 5.75 Å². The minimum atomic E-state index is -0.0382. The molecule has 0 saturated carbocycles. The number of nitrogens with zero attached hydrogens (tertiary/aromatic N) is 1. The Morgan fingerprint density at radius 2 is 1.96 bits per heavy atom. The maximum atomic E-state index is 12.5. The molecule has 0 heterocycles. The number of methoxy groups -OCH3 is 1. The number of benzene rings is 2. The van der Waals surface area contributed by atoms with Crippen LogP contribution in [0.3, 0.4) is 0 Å². The third-order valence-electron chi connectivity index (χ3n) is 3.58. The summed E-state index contributed by atoms with van der Waals surface area (Å²) in [6, 6.07) is 14.9. The molecular weight excluding hydrogens is 292 g/mol. The fourth-order valence-corrected chi connectivity index (χ4v) is 2.40. The van der Waals surface area contributed by atoms with Gasteiger partial charge in [0.05, 0.1) is 25.9 Å². The zero-order valence-electron chi connectivity index (χ0n) is 13.2. The molecule has 2 aromatic rings. The predicted octanol–water partition coefficient (Wildman–Crippen LogP) is 1.95. The number of rotatable bonds is 8. The highest BCUT2D eigenvalue weighted by atomic mass is 16.5. The fraction of sp³-hybridized carbons (Fsp3) is 0.278. The Bertz CT molecular complexity index is 644. The zero-order valence-corrected chi connectivity index (χ0v) is 13.2. The highest BCUT2D eigenvalue weighted by Gasteiger charge is 2.14. The van der Waals surface area contributed by atoms with Crippen molar-refractivity contribution >= 4 is 11.5 Å². The van der Waals surface area contributed by atoms with Crippen molar-refractivity contribution in [3.63, 3.8) is 0 Å². The van der Waals surface area contributed by atoms with E-state index in [9.17, 15) is 9.90 Å². The minimum Gasteiger partial charge on any atom is -0.495 e. The molecule has 2 rings (SSSR count). The number of aliphatic hydroxyl groups is 1. The molecule has 0 aliphatic heterocycles. The Balaban J connectivity index is 2.06. The first-order valence-electron chi connectivity index (χ1n) is 7.48. The van der Waals surface area contributed by atoms with Crippen molar-refractivity contribution in [2.24, 2.45) is 0 Å². The lowest BCUT2D eigenvalue weighted by Crippen LogP contribution is -2.32. The molecule has 2 aromatic carbocycles. The molecular formula is C18H22N2O3. The molecule has 23 heavy (non-hydrogen) atoms. The van der Waals surface area contributed by atoms with Gasteiger partial charge < -0.3 is 15.6 Å². The van der Waals surface area contributed by atoms with E-state index in [-0.39, 0.29) is 18.9 Å². The Morgan fingerprint density at radius 1 is 1.22 bits per heavy atom. The third-order valence-corrected chi connectivity index (χ3v) is 3.58. The van der Waals surface area contributed by atoms with Crippen LogP contribution in [0.4, 0.5) is 5.69 Å². The molecule has 0 fully saturated rings. The number of anilines is 1. The number of Topliss-reactive ketones (excluding diaryl/α,β-unsaturated/α-hetero) is 1. The van der Waals surface area contributed by atoms with Gasteiger partial charge in [-0.15, -0.1) is 0 Å². The summed E-state index contributed by atoms with van der Waals surface area (Å²) in [6.07, 6.45) is 0. The topological polar surface area (TPSA) is 75.8 Å². The van der Waals surface area contributed by atoms with Crippen molar-refractivity contribution in [3.8, 4) is 5.75 Å².